The highest BCUT2D eigenvalue weighted by molar-refractivity contribution is 6.30. The standard InChI is InChI=1S/C11H12ClFN2O2/c12-8-2-1-7(3-9(8)13)10(16)15-6-11(17)4-14-5-11/h1-3,14,17H,4-6H2,(H,15,16). The van der Waals surface area contributed by atoms with Gasteiger partial charge >= 0.3 is 0 Å². The van der Waals surface area contributed by atoms with Crippen molar-refractivity contribution in [1.29, 1.82) is 0 Å². The van der Waals surface area contributed by atoms with Crippen LogP contribution in [0.4, 0.5) is 4.39 Å². The molecule has 0 saturated carbocycles. The molecule has 1 fully saturated rings. The largest absolute Gasteiger partial charge is 0.385 e. The third-order valence-electron chi connectivity index (χ3n) is 2.67. The third-order valence-corrected chi connectivity index (χ3v) is 2.97. The minimum absolute atomic E-state index is 0.0247. The molecule has 1 aromatic rings. The molecule has 6 heteroatoms. The van der Waals surface area contributed by atoms with E-state index in [0.717, 1.165) is 6.07 Å². The number of hydrogen-bond donors (Lipinski definition) is 3. The van der Waals surface area contributed by atoms with Gasteiger partial charge in [0, 0.05) is 25.2 Å². The molecule has 1 aliphatic heterocycles. The van der Waals surface area contributed by atoms with Gasteiger partial charge < -0.3 is 15.7 Å². The molecule has 0 aromatic heterocycles. The molecule has 0 bridgehead atoms. The summed E-state index contributed by atoms with van der Waals surface area (Å²) >= 11 is 5.51. The van der Waals surface area contributed by atoms with E-state index in [0.29, 0.717) is 13.1 Å². The first kappa shape index (κ1) is 12.3. The number of aliphatic hydroxyl groups is 1. The summed E-state index contributed by atoms with van der Waals surface area (Å²) in [7, 11) is 0. The number of amides is 1. The summed E-state index contributed by atoms with van der Waals surface area (Å²) in [4.78, 5) is 11.6. The first-order valence-electron chi connectivity index (χ1n) is 5.17. The highest BCUT2D eigenvalue weighted by Gasteiger charge is 2.34. The minimum atomic E-state index is -0.888. The first-order valence-corrected chi connectivity index (χ1v) is 5.54. The van der Waals surface area contributed by atoms with Crippen LogP contribution in [0.1, 0.15) is 10.4 Å². The fraction of sp³-hybridized carbons (Fsp3) is 0.364. The van der Waals surface area contributed by atoms with Crippen LogP contribution in [0, 0.1) is 5.82 Å². The highest BCUT2D eigenvalue weighted by atomic mass is 35.5. The number of carbonyl (C=O) groups excluding carboxylic acids is 1. The van der Waals surface area contributed by atoms with E-state index < -0.39 is 17.3 Å². The van der Waals surface area contributed by atoms with E-state index in [-0.39, 0.29) is 17.1 Å². The lowest BCUT2D eigenvalue weighted by molar-refractivity contribution is -0.00759. The Kier molecular flexibility index (Phi) is 3.33. The van der Waals surface area contributed by atoms with Crippen LogP contribution in [-0.4, -0.2) is 36.2 Å². The molecule has 0 spiro atoms. The van der Waals surface area contributed by atoms with Gasteiger partial charge in [0.1, 0.15) is 11.4 Å². The molecule has 1 heterocycles. The van der Waals surface area contributed by atoms with Gasteiger partial charge in [-0.2, -0.15) is 0 Å². The summed E-state index contributed by atoms with van der Waals surface area (Å²) in [6, 6.07) is 3.83. The van der Waals surface area contributed by atoms with Crippen molar-refractivity contribution in [1.82, 2.24) is 10.6 Å². The van der Waals surface area contributed by atoms with Crippen molar-refractivity contribution in [3.8, 4) is 0 Å². The average Bonchev–Trinajstić information content (AvgIpc) is 2.27. The molecular weight excluding hydrogens is 247 g/mol. The molecule has 3 N–H and O–H groups in total. The van der Waals surface area contributed by atoms with E-state index in [2.05, 4.69) is 10.6 Å². The van der Waals surface area contributed by atoms with E-state index >= 15 is 0 Å². The van der Waals surface area contributed by atoms with E-state index in [1.54, 1.807) is 0 Å². The quantitative estimate of drug-likeness (QED) is 0.742. The maximum atomic E-state index is 13.1. The molecule has 2 rings (SSSR count). The van der Waals surface area contributed by atoms with Crippen LogP contribution in [0.5, 0.6) is 0 Å². The first-order chi connectivity index (χ1) is 8.00. The van der Waals surface area contributed by atoms with Gasteiger partial charge in [-0.1, -0.05) is 11.6 Å². The predicted octanol–water partition coefficient (Wildman–Crippen LogP) is 0.543. The monoisotopic (exact) mass is 258 g/mol. The van der Waals surface area contributed by atoms with Crippen LogP contribution in [0.15, 0.2) is 18.2 Å². The summed E-state index contributed by atoms with van der Waals surface area (Å²) in [6.07, 6.45) is 0. The molecule has 1 aromatic carbocycles. The van der Waals surface area contributed by atoms with Crippen molar-refractivity contribution in [2.45, 2.75) is 5.60 Å². The van der Waals surface area contributed by atoms with Crippen LogP contribution in [-0.2, 0) is 0 Å². The van der Waals surface area contributed by atoms with Gasteiger partial charge in [-0.15, -0.1) is 0 Å². The number of benzene rings is 1. The number of hydrogen-bond acceptors (Lipinski definition) is 3. The Labute approximate surface area is 103 Å². The second-order valence-corrected chi connectivity index (χ2v) is 4.55. The summed E-state index contributed by atoms with van der Waals surface area (Å²) in [5.41, 5.74) is -0.705. The summed E-state index contributed by atoms with van der Waals surface area (Å²) in [5, 5.41) is 15.2. The molecule has 0 atom stereocenters. The molecule has 0 unspecified atom stereocenters. The van der Waals surface area contributed by atoms with Crippen molar-refractivity contribution >= 4 is 17.5 Å². The Morgan fingerprint density at radius 2 is 2.29 bits per heavy atom. The zero-order valence-corrected chi connectivity index (χ0v) is 9.72. The number of carbonyl (C=O) groups is 1. The van der Waals surface area contributed by atoms with E-state index in [9.17, 15) is 14.3 Å². The van der Waals surface area contributed by atoms with Crippen LogP contribution in [0.25, 0.3) is 0 Å². The van der Waals surface area contributed by atoms with E-state index in [1.807, 2.05) is 0 Å². The minimum Gasteiger partial charge on any atom is -0.385 e. The van der Waals surface area contributed by atoms with Crippen LogP contribution < -0.4 is 10.6 Å². The highest BCUT2D eigenvalue weighted by Crippen LogP contribution is 2.15. The molecule has 1 amide bonds. The number of β-amino-alcohol motifs (C(OH)–C–C–N with tert-alkyl or cyclic N) is 1. The number of nitrogens with one attached hydrogen (secondary N) is 2. The van der Waals surface area contributed by atoms with Gasteiger partial charge in [0.25, 0.3) is 5.91 Å². The van der Waals surface area contributed by atoms with Crippen molar-refractivity contribution in [2.24, 2.45) is 0 Å². The SMILES string of the molecule is O=C(NCC1(O)CNC1)c1ccc(Cl)c(F)c1. The summed E-state index contributed by atoms with van der Waals surface area (Å²) in [6.45, 7) is 1.04. The molecular formula is C11H12ClFN2O2. The van der Waals surface area contributed by atoms with Gasteiger partial charge in [-0.25, -0.2) is 4.39 Å². The lowest BCUT2D eigenvalue weighted by Gasteiger charge is -2.37. The van der Waals surface area contributed by atoms with E-state index in [1.165, 1.54) is 12.1 Å². The van der Waals surface area contributed by atoms with E-state index in [4.69, 9.17) is 11.6 Å². The van der Waals surface area contributed by atoms with Crippen molar-refractivity contribution < 1.29 is 14.3 Å². The lowest BCUT2D eigenvalue weighted by Crippen LogP contribution is -2.64. The predicted molar refractivity (Wildman–Crippen MR) is 61.6 cm³/mol. The number of halogens is 2. The van der Waals surface area contributed by atoms with Gasteiger partial charge in [-0.3, -0.25) is 4.79 Å². The smallest absolute Gasteiger partial charge is 0.251 e. The van der Waals surface area contributed by atoms with Crippen molar-refractivity contribution in [3.05, 3.63) is 34.6 Å². The topological polar surface area (TPSA) is 61.4 Å². The van der Waals surface area contributed by atoms with Crippen LogP contribution in [0.2, 0.25) is 5.02 Å². The third kappa shape index (κ3) is 2.74. The Bertz CT molecular complexity index is 449. The van der Waals surface area contributed by atoms with Gasteiger partial charge in [0.05, 0.1) is 5.02 Å². The van der Waals surface area contributed by atoms with Gasteiger partial charge in [0.15, 0.2) is 0 Å². The van der Waals surface area contributed by atoms with Crippen LogP contribution >= 0.6 is 11.6 Å². The lowest BCUT2D eigenvalue weighted by atomic mass is 9.97. The van der Waals surface area contributed by atoms with Gasteiger partial charge in [-0.05, 0) is 18.2 Å². The van der Waals surface area contributed by atoms with Crippen molar-refractivity contribution in [2.75, 3.05) is 19.6 Å². The molecule has 92 valence electrons. The number of rotatable bonds is 3. The second kappa shape index (κ2) is 4.60. The Morgan fingerprint density at radius 3 is 2.82 bits per heavy atom. The Hall–Kier alpha value is -1.17. The normalized spacial score (nSPS) is 17.4. The Morgan fingerprint density at radius 1 is 1.59 bits per heavy atom. The van der Waals surface area contributed by atoms with Crippen molar-refractivity contribution in [3.63, 3.8) is 0 Å². The fourth-order valence-corrected chi connectivity index (χ4v) is 1.64. The molecule has 4 nitrogen and oxygen atoms in total. The molecule has 1 aliphatic rings. The van der Waals surface area contributed by atoms with Gasteiger partial charge in [0.2, 0.25) is 0 Å². The zero-order chi connectivity index (χ0) is 12.5. The summed E-state index contributed by atoms with van der Waals surface area (Å²) in [5.74, 6) is -1.07. The molecule has 0 aliphatic carbocycles. The maximum absolute atomic E-state index is 13.1. The zero-order valence-electron chi connectivity index (χ0n) is 8.96. The summed E-state index contributed by atoms with van der Waals surface area (Å²) < 4.78 is 13.1. The molecule has 1 saturated heterocycles. The average molecular weight is 259 g/mol. The maximum Gasteiger partial charge on any atom is 0.251 e. The fourth-order valence-electron chi connectivity index (χ4n) is 1.52. The van der Waals surface area contributed by atoms with Crippen LogP contribution in [0.3, 0.4) is 0 Å². The second-order valence-electron chi connectivity index (χ2n) is 4.14. The Balaban J connectivity index is 1.97. The molecule has 0 radical (unpaired) electrons. The molecule has 17 heavy (non-hydrogen) atoms.